The zero-order valence-electron chi connectivity index (χ0n) is 18.4. The number of aliphatic imine (C=N–C) groups is 1. The number of carbonyl (C=O) groups is 1. The van der Waals surface area contributed by atoms with E-state index in [1.165, 1.54) is 5.56 Å². The Balaban J connectivity index is 0.00000320. The van der Waals surface area contributed by atoms with Crippen LogP contribution in [0.5, 0.6) is 0 Å². The Morgan fingerprint density at radius 1 is 1.17 bits per heavy atom. The SMILES string of the molecule is CN=C(NCCCN1CC(C)OC(C)C1)NCc1ccc(N2CCCC2=O)cc1.I. The summed E-state index contributed by atoms with van der Waals surface area (Å²) in [6, 6.07) is 8.20. The number of ether oxygens (including phenoxy) is 1. The van der Waals surface area contributed by atoms with Gasteiger partial charge in [0.05, 0.1) is 12.2 Å². The molecule has 0 aromatic heterocycles. The Labute approximate surface area is 197 Å². The van der Waals surface area contributed by atoms with Crippen LogP contribution in [-0.4, -0.2) is 68.7 Å². The summed E-state index contributed by atoms with van der Waals surface area (Å²) >= 11 is 0. The molecule has 7 nitrogen and oxygen atoms in total. The molecule has 2 unspecified atom stereocenters. The molecule has 0 aliphatic carbocycles. The van der Waals surface area contributed by atoms with Crippen molar-refractivity contribution in [3.8, 4) is 0 Å². The molecule has 2 atom stereocenters. The van der Waals surface area contributed by atoms with Crippen LogP contribution >= 0.6 is 24.0 Å². The first kappa shape index (κ1) is 24.9. The smallest absolute Gasteiger partial charge is 0.227 e. The quantitative estimate of drug-likeness (QED) is 0.246. The number of amides is 1. The summed E-state index contributed by atoms with van der Waals surface area (Å²) < 4.78 is 5.79. The van der Waals surface area contributed by atoms with Crippen LogP contribution in [0, 0.1) is 0 Å². The number of hydrogen-bond acceptors (Lipinski definition) is 4. The highest BCUT2D eigenvalue weighted by atomic mass is 127. The van der Waals surface area contributed by atoms with Crippen molar-refractivity contribution < 1.29 is 9.53 Å². The zero-order valence-corrected chi connectivity index (χ0v) is 20.7. The third-order valence-corrected chi connectivity index (χ3v) is 5.44. The second-order valence-electron chi connectivity index (χ2n) is 8.04. The molecule has 0 radical (unpaired) electrons. The van der Waals surface area contributed by atoms with Gasteiger partial charge in [0.25, 0.3) is 0 Å². The summed E-state index contributed by atoms with van der Waals surface area (Å²) in [5, 5.41) is 6.75. The molecule has 0 bridgehead atoms. The third kappa shape index (κ3) is 7.39. The van der Waals surface area contributed by atoms with Gasteiger partial charge in [-0.05, 0) is 44.4 Å². The van der Waals surface area contributed by atoms with E-state index in [0.29, 0.717) is 25.2 Å². The number of halogens is 1. The predicted octanol–water partition coefficient (Wildman–Crippen LogP) is 2.60. The number of carbonyl (C=O) groups excluding carboxylic acids is 1. The van der Waals surface area contributed by atoms with Gasteiger partial charge in [-0.25, -0.2) is 0 Å². The van der Waals surface area contributed by atoms with Gasteiger partial charge in [-0.1, -0.05) is 12.1 Å². The van der Waals surface area contributed by atoms with Crippen molar-refractivity contribution in [3.63, 3.8) is 0 Å². The van der Waals surface area contributed by atoms with Crippen molar-refractivity contribution in [3.05, 3.63) is 29.8 Å². The highest BCUT2D eigenvalue weighted by Crippen LogP contribution is 2.21. The van der Waals surface area contributed by atoms with Crippen molar-refractivity contribution in [2.24, 2.45) is 4.99 Å². The lowest BCUT2D eigenvalue weighted by Gasteiger charge is -2.35. The number of benzene rings is 1. The largest absolute Gasteiger partial charge is 0.373 e. The lowest BCUT2D eigenvalue weighted by Crippen LogP contribution is -2.46. The standard InChI is InChI=1S/C22H35N5O2.HI/c1-17-15-26(16-18(2)29-17)12-5-11-24-22(23-3)25-14-19-7-9-20(10-8-19)27-13-4-6-21(27)28;/h7-10,17-18H,4-6,11-16H2,1-3H3,(H2,23,24,25);1H. The van der Waals surface area contributed by atoms with Gasteiger partial charge in [0, 0.05) is 58.4 Å². The average molecular weight is 529 g/mol. The molecule has 30 heavy (non-hydrogen) atoms. The number of guanidine groups is 1. The molecular formula is C22H36IN5O2. The molecule has 2 aliphatic rings. The average Bonchev–Trinajstić information content (AvgIpc) is 3.13. The van der Waals surface area contributed by atoms with E-state index in [1.54, 1.807) is 7.05 Å². The summed E-state index contributed by atoms with van der Waals surface area (Å²) in [5.74, 6) is 1.04. The Bertz CT molecular complexity index is 687. The minimum atomic E-state index is 0. The van der Waals surface area contributed by atoms with Crippen molar-refractivity contribution in [2.75, 3.05) is 44.7 Å². The lowest BCUT2D eigenvalue weighted by atomic mass is 10.2. The van der Waals surface area contributed by atoms with Crippen LogP contribution in [0.3, 0.4) is 0 Å². The van der Waals surface area contributed by atoms with E-state index in [4.69, 9.17) is 4.74 Å². The fraction of sp³-hybridized carbons (Fsp3) is 0.636. The van der Waals surface area contributed by atoms with Gasteiger partial charge >= 0.3 is 0 Å². The lowest BCUT2D eigenvalue weighted by molar-refractivity contribution is -0.117. The number of nitrogens with zero attached hydrogens (tertiary/aromatic N) is 3. The molecular weight excluding hydrogens is 493 g/mol. The normalized spacial score (nSPS) is 22.7. The summed E-state index contributed by atoms with van der Waals surface area (Å²) in [4.78, 5) is 20.5. The van der Waals surface area contributed by atoms with Gasteiger partial charge in [0.15, 0.2) is 5.96 Å². The van der Waals surface area contributed by atoms with Crippen LogP contribution in [0.4, 0.5) is 5.69 Å². The molecule has 168 valence electrons. The Morgan fingerprint density at radius 3 is 2.47 bits per heavy atom. The van der Waals surface area contributed by atoms with E-state index in [-0.39, 0.29) is 29.9 Å². The van der Waals surface area contributed by atoms with E-state index in [1.807, 2.05) is 17.0 Å². The molecule has 1 aromatic rings. The number of hydrogen-bond donors (Lipinski definition) is 2. The van der Waals surface area contributed by atoms with Gasteiger partial charge in [0.1, 0.15) is 0 Å². The van der Waals surface area contributed by atoms with E-state index in [2.05, 4.69) is 46.5 Å². The van der Waals surface area contributed by atoms with Crippen LogP contribution in [0.15, 0.2) is 29.3 Å². The minimum absolute atomic E-state index is 0. The minimum Gasteiger partial charge on any atom is -0.373 e. The maximum absolute atomic E-state index is 11.9. The van der Waals surface area contributed by atoms with Crippen LogP contribution in [-0.2, 0) is 16.1 Å². The highest BCUT2D eigenvalue weighted by Gasteiger charge is 2.22. The van der Waals surface area contributed by atoms with E-state index in [0.717, 1.165) is 57.2 Å². The van der Waals surface area contributed by atoms with Crippen molar-refractivity contribution in [1.82, 2.24) is 15.5 Å². The molecule has 2 saturated heterocycles. The van der Waals surface area contributed by atoms with Crippen LogP contribution in [0.25, 0.3) is 0 Å². The zero-order chi connectivity index (χ0) is 20.6. The second-order valence-corrected chi connectivity index (χ2v) is 8.04. The maximum Gasteiger partial charge on any atom is 0.227 e. The van der Waals surface area contributed by atoms with Crippen molar-refractivity contribution in [1.29, 1.82) is 0 Å². The predicted molar refractivity (Wildman–Crippen MR) is 133 cm³/mol. The fourth-order valence-electron chi connectivity index (χ4n) is 4.10. The summed E-state index contributed by atoms with van der Waals surface area (Å²) in [5.41, 5.74) is 2.16. The Kier molecular flexibility index (Phi) is 10.3. The van der Waals surface area contributed by atoms with Crippen molar-refractivity contribution in [2.45, 2.75) is 51.9 Å². The summed E-state index contributed by atoms with van der Waals surface area (Å²) in [7, 11) is 1.79. The molecule has 2 heterocycles. The summed E-state index contributed by atoms with van der Waals surface area (Å²) in [6.07, 6.45) is 3.31. The summed E-state index contributed by atoms with van der Waals surface area (Å²) in [6.45, 7) is 9.78. The van der Waals surface area contributed by atoms with Gasteiger partial charge in [0.2, 0.25) is 5.91 Å². The number of rotatable bonds is 7. The van der Waals surface area contributed by atoms with Crippen molar-refractivity contribution >= 4 is 41.5 Å². The molecule has 1 amide bonds. The molecule has 8 heteroatoms. The number of morpholine rings is 1. The molecule has 0 spiro atoms. The molecule has 1 aromatic carbocycles. The number of anilines is 1. The van der Waals surface area contributed by atoms with Gasteiger partial charge in [-0.2, -0.15) is 0 Å². The maximum atomic E-state index is 11.9. The topological polar surface area (TPSA) is 69.2 Å². The Morgan fingerprint density at radius 2 is 1.87 bits per heavy atom. The van der Waals surface area contributed by atoms with Gasteiger partial charge in [-0.15, -0.1) is 24.0 Å². The van der Waals surface area contributed by atoms with Crippen LogP contribution in [0.2, 0.25) is 0 Å². The fourth-order valence-corrected chi connectivity index (χ4v) is 4.10. The molecule has 0 saturated carbocycles. The van der Waals surface area contributed by atoms with E-state index >= 15 is 0 Å². The van der Waals surface area contributed by atoms with Gasteiger partial charge < -0.3 is 20.3 Å². The molecule has 2 aliphatic heterocycles. The monoisotopic (exact) mass is 529 g/mol. The second kappa shape index (κ2) is 12.5. The molecule has 2 N–H and O–H groups in total. The van der Waals surface area contributed by atoms with Crippen LogP contribution in [0.1, 0.15) is 38.7 Å². The molecule has 3 rings (SSSR count). The Hall–Kier alpha value is -1.39. The van der Waals surface area contributed by atoms with E-state index in [9.17, 15) is 4.79 Å². The first-order valence-electron chi connectivity index (χ1n) is 10.8. The third-order valence-electron chi connectivity index (χ3n) is 5.44. The van der Waals surface area contributed by atoms with Crippen LogP contribution < -0.4 is 15.5 Å². The van der Waals surface area contributed by atoms with E-state index < -0.39 is 0 Å². The number of nitrogens with one attached hydrogen (secondary N) is 2. The first-order chi connectivity index (χ1) is 14.0. The van der Waals surface area contributed by atoms with Gasteiger partial charge in [-0.3, -0.25) is 14.7 Å². The first-order valence-corrected chi connectivity index (χ1v) is 10.8. The highest BCUT2D eigenvalue weighted by molar-refractivity contribution is 14.0. The molecule has 2 fully saturated rings.